The van der Waals surface area contributed by atoms with Crippen LogP contribution in [0.15, 0.2) is 72.8 Å². The van der Waals surface area contributed by atoms with Crippen LogP contribution in [0.2, 0.25) is 0 Å². The molecule has 4 rings (SSSR count). The monoisotopic (exact) mass is 424 g/mol. The fourth-order valence-corrected chi connectivity index (χ4v) is 2.90. The van der Waals surface area contributed by atoms with E-state index in [1.54, 1.807) is 21.3 Å². The van der Waals surface area contributed by atoms with Gasteiger partial charge >= 0.3 is 0 Å². The zero-order chi connectivity index (χ0) is 22.9. The maximum Gasteiger partial charge on any atom is 0.129 e. The molecule has 0 radical (unpaired) electrons. The zero-order valence-corrected chi connectivity index (χ0v) is 19.7. The van der Waals surface area contributed by atoms with Crippen LogP contribution >= 0.6 is 0 Å². The molecule has 1 heterocycles. The first-order valence-electron chi connectivity index (χ1n) is 10.7. The van der Waals surface area contributed by atoms with E-state index in [4.69, 9.17) is 18.9 Å². The van der Waals surface area contributed by atoms with Crippen LogP contribution in [0.3, 0.4) is 0 Å². The fourth-order valence-electron chi connectivity index (χ4n) is 2.90. The van der Waals surface area contributed by atoms with E-state index in [9.17, 15) is 0 Å². The Labute approximate surface area is 187 Å². The van der Waals surface area contributed by atoms with E-state index < -0.39 is 0 Å². The Balaban J connectivity index is 0.000000234. The normalized spacial score (nSPS) is 10.8. The molecule has 4 heteroatoms. The number of fused-ring (bicyclic) bond motifs is 1. The van der Waals surface area contributed by atoms with Crippen LogP contribution in [-0.2, 0) is 6.42 Å². The van der Waals surface area contributed by atoms with E-state index >= 15 is 0 Å². The third-order valence-electron chi connectivity index (χ3n) is 4.45. The molecule has 3 aromatic carbocycles. The van der Waals surface area contributed by atoms with E-state index in [2.05, 4.69) is 6.07 Å². The summed E-state index contributed by atoms with van der Waals surface area (Å²) in [5, 5.41) is 0. The molecule has 0 aliphatic carbocycles. The molecule has 0 fully saturated rings. The maximum absolute atomic E-state index is 5.62. The lowest BCUT2D eigenvalue weighted by atomic mass is 10.0. The Morgan fingerprint density at radius 1 is 0.677 bits per heavy atom. The van der Waals surface area contributed by atoms with E-state index in [1.807, 2.05) is 87.5 Å². The van der Waals surface area contributed by atoms with Gasteiger partial charge in [0.2, 0.25) is 0 Å². The summed E-state index contributed by atoms with van der Waals surface area (Å²) in [6.07, 6.45) is 2.25. The predicted molar refractivity (Wildman–Crippen MR) is 129 cm³/mol. The van der Waals surface area contributed by atoms with Crippen LogP contribution in [0.1, 0.15) is 31.4 Å². The molecule has 0 saturated heterocycles. The van der Waals surface area contributed by atoms with Gasteiger partial charge in [-0.25, -0.2) is 0 Å². The second-order valence-electron chi connectivity index (χ2n) is 6.37. The van der Waals surface area contributed by atoms with Gasteiger partial charge in [-0.15, -0.1) is 0 Å². The first-order chi connectivity index (χ1) is 15.2. The molecule has 0 N–H and O–H groups in total. The van der Waals surface area contributed by atoms with Crippen molar-refractivity contribution in [1.29, 1.82) is 0 Å². The summed E-state index contributed by atoms with van der Waals surface area (Å²) in [5.74, 6) is 3.77. The van der Waals surface area contributed by atoms with Crippen LogP contribution in [-0.4, -0.2) is 27.9 Å². The Bertz CT molecular complexity index is 793. The van der Waals surface area contributed by atoms with E-state index in [0.717, 1.165) is 48.0 Å². The minimum atomic E-state index is 0.834. The van der Waals surface area contributed by atoms with Gasteiger partial charge in [-0.1, -0.05) is 56.3 Å². The average Bonchev–Trinajstić information content (AvgIpc) is 2.87. The second kappa shape index (κ2) is 15.7. The van der Waals surface area contributed by atoms with Crippen molar-refractivity contribution < 1.29 is 18.9 Å². The van der Waals surface area contributed by atoms with Gasteiger partial charge in [0.1, 0.15) is 23.0 Å². The Morgan fingerprint density at radius 3 is 1.61 bits per heavy atom. The van der Waals surface area contributed by atoms with Crippen LogP contribution in [0.25, 0.3) is 0 Å². The fraction of sp³-hybridized carbons (Fsp3) is 0.333. The number of methoxy groups -OCH3 is 3. The molecule has 0 saturated carbocycles. The van der Waals surface area contributed by atoms with Crippen molar-refractivity contribution in [2.24, 2.45) is 0 Å². The number of ether oxygens (including phenoxy) is 4. The molecule has 0 aromatic heterocycles. The van der Waals surface area contributed by atoms with Crippen LogP contribution < -0.4 is 18.9 Å². The molecule has 0 unspecified atom stereocenters. The first kappa shape index (κ1) is 25.9. The highest BCUT2D eigenvalue weighted by Gasteiger charge is 2.15. The molecule has 0 amide bonds. The largest absolute Gasteiger partial charge is 0.497 e. The quantitative estimate of drug-likeness (QED) is 0.466. The Kier molecular flexibility index (Phi) is 13.1. The summed E-state index contributed by atoms with van der Waals surface area (Å²) in [4.78, 5) is 0. The summed E-state index contributed by atoms with van der Waals surface area (Å²) in [6, 6.07) is 23.5. The zero-order valence-electron chi connectivity index (χ0n) is 19.7. The highest BCUT2D eigenvalue weighted by Crippen LogP contribution is 2.34. The highest BCUT2D eigenvalue weighted by atomic mass is 16.5. The van der Waals surface area contributed by atoms with E-state index in [1.165, 1.54) is 5.56 Å². The van der Waals surface area contributed by atoms with Crippen molar-refractivity contribution in [3.8, 4) is 23.0 Å². The molecular weight excluding hydrogens is 388 g/mol. The molecule has 0 bridgehead atoms. The van der Waals surface area contributed by atoms with E-state index in [0.29, 0.717) is 0 Å². The lowest BCUT2D eigenvalue weighted by Gasteiger charge is -2.20. The topological polar surface area (TPSA) is 36.9 Å². The molecule has 1 aliphatic rings. The molecule has 31 heavy (non-hydrogen) atoms. The molecule has 0 spiro atoms. The standard InChI is InChI=1S/C11H14O2.2C7H8O.C2H6/c1-8-10(12-2)6-5-9-4-3-7-13-11(8)9;2*1-8-7-5-3-2-4-6-7;1-2/h5-6H,3-4,7H2,1-2H3;2*2-6H,1H3;1-2H3. The number of aryl methyl sites for hydroxylation is 1. The van der Waals surface area contributed by atoms with Crippen molar-refractivity contribution in [2.75, 3.05) is 27.9 Å². The molecular formula is C27H36O4. The molecule has 3 aromatic rings. The van der Waals surface area contributed by atoms with Crippen molar-refractivity contribution in [3.63, 3.8) is 0 Å². The van der Waals surface area contributed by atoms with Crippen LogP contribution in [0, 0.1) is 6.92 Å². The smallest absolute Gasteiger partial charge is 0.129 e. The van der Waals surface area contributed by atoms with Gasteiger partial charge in [-0.05, 0) is 55.7 Å². The van der Waals surface area contributed by atoms with Crippen LogP contribution in [0.4, 0.5) is 0 Å². The summed E-state index contributed by atoms with van der Waals surface area (Å²) in [6.45, 7) is 6.88. The number of para-hydroxylation sites is 2. The minimum absolute atomic E-state index is 0.834. The summed E-state index contributed by atoms with van der Waals surface area (Å²) >= 11 is 0. The summed E-state index contributed by atoms with van der Waals surface area (Å²) in [7, 11) is 5.02. The van der Waals surface area contributed by atoms with Crippen molar-refractivity contribution >= 4 is 0 Å². The summed E-state index contributed by atoms with van der Waals surface area (Å²) < 4.78 is 20.7. The van der Waals surface area contributed by atoms with E-state index in [-0.39, 0.29) is 0 Å². The molecule has 0 atom stereocenters. The Hall–Kier alpha value is -3.14. The number of hydrogen-bond donors (Lipinski definition) is 0. The van der Waals surface area contributed by atoms with Gasteiger partial charge in [0.15, 0.2) is 0 Å². The van der Waals surface area contributed by atoms with Gasteiger partial charge in [0.05, 0.1) is 27.9 Å². The highest BCUT2D eigenvalue weighted by molar-refractivity contribution is 5.50. The third kappa shape index (κ3) is 9.04. The third-order valence-corrected chi connectivity index (χ3v) is 4.45. The number of benzene rings is 3. The summed E-state index contributed by atoms with van der Waals surface area (Å²) in [5.41, 5.74) is 2.43. The second-order valence-corrected chi connectivity index (χ2v) is 6.37. The lowest BCUT2D eigenvalue weighted by molar-refractivity contribution is 0.283. The van der Waals surface area contributed by atoms with Gasteiger partial charge in [-0.3, -0.25) is 0 Å². The number of rotatable bonds is 3. The maximum atomic E-state index is 5.62. The van der Waals surface area contributed by atoms with Gasteiger partial charge in [0.25, 0.3) is 0 Å². The molecule has 1 aliphatic heterocycles. The predicted octanol–water partition coefficient (Wildman–Crippen LogP) is 6.75. The van der Waals surface area contributed by atoms with Gasteiger partial charge < -0.3 is 18.9 Å². The number of hydrogen-bond acceptors (Lipinski definition) is 4. The van der Waals surface area contributed by atoms with Crippen LogP contribution in [0.5, 0.6) is 23.0 Å². The van der Waals surface area contributed by atoms with Crippen molar-refractivity contribution in [1.82, 2.24) is 0 Å². The average molecular weight is 425 g/mol. The lowest BCUT2D eigenvalue weighted by Crippen LogP contribution is -2.09. The minimum Gasteiger partial charge on any atom is -0.497 e. The molecule has 4 nitrogen and oxygen atoms in total. The first-order valence-corrected chi connectivity index (χ1v) is 10.7. The Morgan fingerprint density at radius 2 is 1.19 bits per heavy atom. The SMILES string of the molecule is CC.COc1ccc2c(c1C)OCCC2.COc1ccccc1.COc1ccccc1. The van der Waals surface area contributed by atoms with Gasteiger partial charge in [-0.2, -0.15) is 0 Å². The molecule has 168 valence electrons. The van der Waals surface area contributed by atoms with Crippen molar-refractivity contribution in [3.05, 3.63) is 83.9 Å². The van der Waals surface area contributed by atoms with Gasteiger partial charge in [0, 0.05) is 5.56 Å². The van der Waals surface area contributed by atoms with Crippen molar-refractivity contribution in [2.45, 2.75) is 33.6 Å².